The number of rotatable bonds is 4. The Kier molecular flexibility index (Phi) is 5.13. The van der Waals surface area contributed by atoms with Crippen LogP contribution in [0.25, 0.3) is 0 Å². The van der Waals surface area contributed by atoms with Crippen molar-refractivity contribution in [2.24, 2.45) is 12.5 Å². The van der Waals surface area contributed by atoms with Crippen molar-refractivity contribution in [2.45, 2.75) is 45.7 Å². The average molecular weight is 410 g/mol. The number of aromatic nitrogens is 2. The lowest BCUT2D eigenvalue weighted by Gasteiger charge is -2.35. The fourth-order valence-corrected chi connectivity index (χ4v) is 4.28. The summed E-state index contributed by atoms with van der Waals surface area (Å²) in [5.41, 5.74) is 1.67. The first-order valence-corrected chi connectivity index (χ1v) is 10.1. The summed E-state index contributed by atoms with van der Waals surface area (Å²) in [4.78, 5) is 17.4. The van der Waals surface area contributed by atoms with Crippen molar-refractivity contribution in [3.05, 3.63) is 77.0 Å². The van der Waals surface area contributed by atoms with Crippen LogP contribution in [0.2, 0.25) is 0 Å². The number of carbonyl (C=O) groups excluding carboxylic acids is 1. The predicted octanol–water partition coefficient (Wildman–Crippen LogP) is 4.56. The Bertz CT molecular complexity index is 1070. The Morgan fingerprint density at radius 3 is 2.87 bits per heavy atom. The zero-order valence-corrected chi connectivity index (χ0v) is 17.7. The summed E-state index contributed by atoms with van der Waals surface area (Å²) < 4.78 is 21.5. The van der Waals surface area contributed by atoms with Crippen LogP contribution in [0.3, 0.4) is 0 Å². The first kappa shape index (κ1) is 20.2. The molecular formula is C23H27FN4O2. The standard InChI is InChI=1S/C23H27FN4O2/c1-14-10-17-18(12-23(2,3)13-19(17)30-14)26-22(29)27-20(21-25-8-9-28(21)4)15-6-5-7-16(24)11-15/h5-11,18,20H,12-13H2,1-4H3,(H2,26,27,29). The van der Waals surface area contributed by atoms with Crippen molar-refractivity contribution in [1.82, 2.24) is 20.2 Å². The Morgan fingerprint density at radius 2 is 2.17 bits per heavy atom. The summed E-state index contributed by atoms with van der Waals surface area (Å²) >= 11 is 0. The predicted molar refractivity (Wildman–Crippen MR) is 111 cm³/mol. The largest absolute Gasteiger partial charge is 0.466 e. The number of fused-ring (bicyclic) bond motifs is 1. The van der Waals surface area contributed by atoms with Gasteiger partial charge in [-0.2, -0.15) is 0 Å². The highest BCUT2D eigenvalue weighted by Gasteiger charge is 2.36. The zero-order chi connectivity index (χ0) is 21.5. The first-order valence-electron chi connectivity index (χ1n) is 10.1. The Morgan fingerprint density at radius 1 is 1.37 bits per heavy atom. The van der Waals surface area contributed by atoms with Gasteiger partial charge in [0.05, 0.1) is 6.04 Å². The van der Waals surface area contributed by atoms with Crippen molar-refractivity contribution in [3.8, 4) is 0 Å². The normalized spacial score (nSPS) is 18.5. The maximum atomic E-state index is 13.9. The van der Waals surface area contributed by atoms with Crippen LogP contribution in [-0.2, 0) is 13.5 Å². The second-order valence-electron chi connectivity index (χ2n) is 8.84. The molecule has 3 aromatic rings. The molecule has 2 N–H and O–H groups in total. The molecule has 6 nitrogen and oxygen atoms in total. The molecule has 0 aliphatic heterocycles. The van der Waals surface area contributed by atoms with Gasteiger partial charge >= 0.3 is 6.03 Å². The van der Waals surface area contributed by atoms with Crippen molar-refractivity contribution < 1.29 is 13.6 Å². The number of urea groups is 1. The summed E-state index contributed by atoms with van der Waals surface area (Å²) in [6, 6.07) is 7.14. The summed E-state index contributed by atoms with van der Waals surface area (Å²) in [6.07, 6.45) is 5.10. The molecule has 158 valence electrons. The number of hydrogen-bond acceptors (Lipinski definition) is 3. The molecule has 7 heteroatoms. The number of nitrogens with one attached hydrogen (secondary N) is 2. The zero-order valence-electron chi connectivity index (χ0n) is 17.7. The molecule has 0 spiro atoms. The molecular weight excluding hydrogens is 383 g/mol. The van der Waals surface area contributed by atoms with Gasteiger partial charge in [0.15, 0.2) is 0 Å². The maximum Gasteiger partial charge on any atom is 0.316 e. The second-order valence-corrected chi connectivity index (χ2v) is 8.84. The van der Waals surface area contributed by atoms with E-state index in [1.165, 1.54) is 12.1 Å². The molecule has 2 atom stereocenters. The van der Waals surface area contributed by atoms with E-state index < -0.39 is 6.04 Å². The smallest absolute Gasteiger partial charge is 0.316 e. The topological polar surface area (TPSA) is 72.1 Å². The number of hydrogen-bond donors (Lipinski definition) is 2. The molecule has 2 unspecified atom stereocenters. The van der Waals surface area contributed by atoms with E-state index in [1.807, 2.05) is 24.6 Å². The summed E-state index contributed by atoms with van der Waals surface area (Å²) in [6.45, 7) is 6.26. The molecule has 2 heterocycles. The van der Waals surface area contributed by atoms with E-state index in [4.69, 9.17) is 4.42 Å². The van der Waals surface area contributed by atoms with Gasteiger partial charge in [-0.1, -0.05) is 26.0 Å². The molecule has 30 heavy (non-hydrogen) atoms. The van der Waals surface area contributed by atoms with Crippen LogP contribution in [0.4, 0.5) is 9.18 Å². The quantitative estimate of drug-likeness (QED) is 0.662. The minimum Gasteiger partial charge on any atom is -0.466 e. The third-order valence-corrected chi connectivity index (χ3v) is 5.62. The lowest BCUT2D eigenvalue weighted by Crippen LogP contribution is -2.43. The Balaban J connectivity index is 1.59. The van der Waals surface area contributed by atoms with Crippen LogP contribution < -0.4 is 10.6 Å². The van der Waals surface area contributed by atoms with Crippen LogP contribution in [0.15, 0.2) is 47.1 Å². The number of halogens is 1. The van der Waals surface area contributed by atoms with E-state index in [0.29, 0.717) is 11.4 Å². The van der Waals surface area contributed by atoms with Gasteiger partial charge in [0.25, 0.3) is 0 Å². The molecule has 0 fully saturated rings. The number of carbonyl (C=O) groups is 1. The van der Waals surface area contributed by atoms with Gasteiger partial charge in [0.2, 0.25) is 0 Å². The number of imidazole rings is 1. The van der Waals surface area contributed by atoms with Crippen LogP contribution in [0, 0.1) is 18.2 Å². The summed E-state index contributed by atoms with van der Waals surface area (Å²) in [5.74, 6) is 2.04. The molecule has 0 bridgehead atoms. The van der Waals surface area contributed by atoms with E-state index in [1.54, 1.807) is 24.5 Å². The van der Waals surface area contributed by atoms with Crippen LogP contribution >= 0.6 is 0 Å². The fourth-order valence-electron chi connectivity index (χ4n) is 4.28. The number of aryl methyl sites for hydroxylation is 2. The summed E-state index contributed by atoms with van der Waals surface area (Å²) in [5, 5.41) is 6.08. The van der Waals surface area contributed by atoms with Gasteiger partial charge in [0, 0.05) is 31.4 Å². The molecule has 1 aromatic carbocycles. The van der Waals surface area contributed by atoms with Gasteiger partial charge in [-0.3, -0.25) is 0 Å². The maximum absolute atomic E-state index is 13.9. The number of benzene rings is 1. The van der Waals surface area contributed by atoms with E-state index in [0.717, 1.165) is 29.9 Å². The molecule has 2 amide bonds. The van der Waals surface area contributed by atoms with E-state index in [9.17, 15) is 9.18 Å². The first-order chi connectivity index (χ1) is 14.2. The molecule has 0 saturated heterocycles. The third kappa shape index (κ3) is 4.10. The minimum absolute atomic E-state index is 0.0108. The van der Waals surface area contributed by atoms with Gasteiger partial charge in [-0.05, 0) is 42.5 Å². The van der Waals surface area contributed by atoms with Crippen molar-refractivity contribution >= 4 is 6.03 Å². The minimum atomic E-state index is -0.581. The van der Waals surface area contributed by atoms with E-state index >= 15 is 0 Å². The van der Waals surface area contributed by atoms with Gasteiger partial charge < -0.3 is 19.6 Å². The highest BCUT2D eigenvalue weighted by atomic mass is 19.1. The van der Waals surface area contributed by atoms with Gasteiger partial charge in [0.1, 0.15) is 29.2 Å². The molecule has 4 rings (SSSR count). The lowest BCUT2D eigenvalue weighted by atomic mass is 9.75. The SMILES string of the molecule is Cc1cc2c(o1)CC(C)(C)CC2NC(=O)NC(c1cccc(F)c1)c1nccn1C. The van der Waals surface area contributed by atoms with Crippen molar-refractivity contribution in [1.29, 1.82) is 0 Å². The second kappa shape index (κ2) is 7.63. The molecule has 2 aromatic heterocycles. The van der Waals surface area contributed by atoms with E-state index in [-0.39, 0.29) is 23.3 Å². The molecule has 0 saturated carbocycles. The molecule has 1 aliphatic carbocycles. The molecule has 1 aliphatic rings. The van der Waals surface area contributed by atoms with Crippen molar-refractivity contribution in [2.75, 3.05) is 0 Å². The van der Waals surface area contributed by atoms with E-state index in [2.05, 4.69) is 29.5 Å². The van der Waals surface area contributed by atoms with Crippen LogP contribution in [-0.4, -0.2) is 15.6 Å². The van der Waals surface area contributed by atoms with Gasteiger partial charge in [-0.15, -0.1) is 0 Å². The average Bonchev–Trinajstić information content (AvgIpc) is 3.23. The third-order valence-electron chi connectivity index (χ3n) is 5.62. The highest BCUT2D eigenvalue weighted by Crippen LogP contribution is 2.42. The van der Waals surface area contributed by atoms with Crippen LogP contribution in [0.5, 0.6) is 0 Å². The molecule has 0 radical (unpaired) electrons. The van der Waals surface area contributed by atoms with Crippen molar-refractivity contribution in [3.63, 3.8) is 0 Å². The Hall–Kier alpha value is -3.09. The number of furan rings is 1. The lowest BCUT2D eigenvalue weighted by molar-refractivity contribution is 0.212. The summed E-state index contributed by atoms with van der Waals surface area (Å²) in [7, 11) is 1.85. The van der Waals surface area contributed by atoms with Gasteiger partial charge in [-0.25, -0.2) is 14.2 Å². The number of amides is 2. The highest BCUT2D eigenvalue weighted by molar-refractivity contribution is 5.75. The fraction of sp³-hybridized carbons (Fsp3) is 0.391. The monoisotopic (exact) mass is 410 g/mol. The Labute approximate surface area is 175 Å². The number of nitrogens with zero attached hydrogens (tertiary/aromatic N) is 2. The van der Waals surface area contributed by atoms with Crippen LogP contribution in [0.1, 0.15) is 60.8 Å².